The van der Waals surface area contributed by atoms with Gasteiger partial charge in [0.15, 0.2) is 0 Å². The molecule has 0 aliphatic carbocycles. The number of nitrogens with one attached hydrogen (secondary N) is 2. The van der Waals surface area contributed by atoms with E-state index in [9.17, 15) is 14.4 Å². The van der Waals surface area contributed by atoms with Gasteiger partial charge in [-0.25, -0.2) is 0 Å². The molecule has 27 heavy (non-hydrogen) atoms. The van der Waals surface area contributed by atoms with Gasteiger partial charge in [-0.15, -0.1) is 0 Å². The Labute approximate surface area is 157 Å². The molecule has 2 aliphatic rings. The monoisotopic (exact) mass is 363 g/mol. The van der Waals surface area contributed by atoms with Crippen LogP contribution in [-0.2, 0) is 22.6 Å². The van der Waals surface area contributed by atoms with Crippen LogP contribution in [0.15, 0.2) is 42.5 Å². The van der Waals surface area contributed by atoms with E-state index in [1.165, 1.54) is 12.5 Å². The highest BCUT2D eigenvalue weighted by molar-refractivity contribution is 6.00. The molecule has 0 radical (unpaired) electrons. The van der Waals surface area contributed by atoms with Crippen LogP contribution < -0.4 is 10.6 Å². The predicted molar refractivity (Wildman–Crippen MR) is 101 cm³/mol. The number of hydrogen-bond donors (Lipinski definition) is 2. The molecule has 2 aliphatic heterocycles. The maximum absolute atomic E-state index is 12.7. The Balaban J connectivity index is 1.54. The van der Waals surface area contributed by atoms with Crippen molar-refractivity contribution in [3.8, 4) is 0 Å². The lowest BCUT2D eigenvalue weighted by Gasteiger charge is -2.36. The van der Waals surface area contributed by atoms with Crippen molar-refractivity contribution in [1.82, 2.24) is 10.2 Å². The Bertz CT molecular complexity index is 938. The second kappa shape index (κ2) is 6.87. The van der Waals surface area contributed by atoms with E-state index in [-0.39, 0.29) is 30.2 Å². The summed E-state index contributed by atoms with van der Waals surface area (Å²) >= 11 is 0. The summed E-state index contributed by atoms with van der Waals surface area (Å²) in [5.74, 6) is -0.331. The molecule has 0 aromatic heterocycles. The van der Waals surface area contributed by atoms with Crippen LogP contribution in [0.5, 0.6) is 0 Å². The molecule has 0 saturated carbocycles. The molecule has 2 heterocycles. The SMILES string of the molecule is CC(=O)N1CCc2ccccc2[C@H]1CC(=O)Nc1ccc2c(c1)C(=O)NC2. The largest absolute Gasteiger partial charge is 0.348 e. The molecular weight excluding hydrogens is 342 g/mol. The van der Waals surface area contributed by atoms with Gasteiger partial charge in [0, 0.05) is 31.3 Å². The Hall–Kier alpha value is -3.15. The molecule has 2 aromatic rings. The summed E-state index contributed by atoms with van der Waals surface area (Å²) in [6.45, 7) is 2.68. The van der Waals surface area contributed by atoms with Gasteiger partial charge in [0.05, 0.1) is 12.5 Å². The molecule has 1 atom stereocenters. The highest BCUT2D eigenvalue weighted by Crippen LogP contribution is 2.32. The molecule has 138 valence electrons. The van der Waals surface area contributed by atoms with Crippen molar-refractivity contribution in [2.45, 2.75) is 32.4 Å². The van der Waals surface area contributed by atoms with E-state index >= 15 is 0 Å². The quantitative estimate of drug-likeness (QED) is 0.879. The van der Waals surface area contributed by atoms with Crippen LogP contribution in [0.2, 0.25) is 0 Å². The molecule has 6 nitrogen and oxygen atoms in total. The number of fused-ring (bicyclic) bond motifs is 2. The zero-order valence-corrected chi connectivity index (χ0v) is 15.1. The van der Waals surface area contributed by atoms with Crippen LogP contribution in [-0.4, -0.2) is 29.2 Å². The summed E-state index contributed by atoms with van der Waals surface area (Å²) < 4.78 is 0. The molecule has 4 rings (SSSR count). The van der Waals surface area contributed by atoms with Gasteiger partial charge in [-0.2, -0.15) is 0 Å². The summed E-state index contributed by atoms with van der Waals surface area (Å²) in [6.07, 6.45) is 0.980. The van der Waals surface area contributed by atoms with Gasteiger partial charge in [0.2, 0.25) is 11.8 Å². The third-order valence-electron chi connectivity index (χ3n) is 5.27. The molecule has 0 saturated heterocycles. The van der Waals surface area contributed by atoms with Crippen LogP contribution in [0, 0.1) is 0 Å². The normalized spacial score (nSPS) is 17.7. The number of carbonyl (C=O) groups is 3. The van der Waals surface area contributed by atoms with E-state index in [1.807, 2.05) is 24.3 Å². The average molecular weight is 363 g/mol. The van der Waals surface area contributed by atoms with E-state index in [1.54, 1.807) is 17.0 Å². The van der Waals surface area contributed by atoms with Crippen LogP contribution >= 0.6 is 0 Å². The van der Waals surface area contributed by atoms with E-state index in [4.69, 9.17) is 0 Å². The predicted octanol–water partition coefficient (Wildman–Crippen LogP) is 2.40. The average Bonchev–Trinajstić information content (AvgIpc) is 3.02. The first-order valence-electron chi connectivity index (χ1n) is 9.09. The van der Waals surface area contributed by atoms with Crippen molar-refractivity contribution in [2.75, 3.05) is 11.9 Å². The summed E-state index contributed by atoms with van der Waals surface area (Å²) in [6, 6.07) is 13.0. The van der Waals surface area contributed by atoms with Crippen molar-refractivity contribution in [3.63, 3.8) is 0 Å². The van der Waals surface area contributed by atoms with Crippen LogP contribution in [0.25, 0.3) is 0 Å². The Morgan fingerprint density at radius 2 is 2.00 bits per heavy atom. The van der Waals surface area contributed by atoms with Gasteiger partial charge in [0.1, 0.15) is 0 Å². The third-order valence-corrected chi connectivity index (χ3v) is 5.27. The first-order chi connectivity index (χ1) is 13.0. The Morgan fingerprint density at radius 1 is 1.19 bits per heavy atom. The van der Waals surface area contributed by atoms with Crippen molar-refractivity contribution in [1.29, 1.82) is 0 Å². The summed E-state index contributed by atoms with van der Waals surface area (Å²) in [5, 5.41) is 5.64. The molecule has 2 N–H and O–H groups in total. The third kappa shape index (κ3) is 3.30. The summed E-state index contributed by atoms with van der Waals surface area (Å²) in [7, 11) is 0. The minimum atomic E-state index is -0.273. The van der Waals surface area contributed by atoms with Gasteiger partial charge >= 0.3 is 0 Å². The lowest BCUT2D eigenvalue weighted by atomic mass is 9.90. The van der Waals surface area contributed by atoms with E-state index in [0.29, 0.717) is 24.3 Å². The maximum Gasteiger partial charge on any atom is 0.251 e. The minimum absolute atomic E-state index is 0.0310. The van der Waals surface area contributed by atoms with Crippen molar-refractivity contribution in [2.24, 2.45) is 0 Å². The molecular formula is C21H21N3O3. The Morgan fingerprint density at radius 3 is 2.81 bits per heavy atom. The second-order valence-electron chi connectivity index (χ2n) is 6.98. The van der Waals surface area contributed by atoms with Gasteiger partial charge in [-0.05, 0) is 35.2 Å². The number of anilines is 1. The van der Waals surface area contributed by atoms with Gasteiger partial charge in [-0.1, -0.05) is 30.3 Å². The first-order valence-corrected chi connectivity index (χ1v) is 9.09. The fraction of sp³-hybridized carbons (Fsp3) is 0.286. The zero-order chi connectivity index (χ0) is 19.0. The molecule has 0 bridgehead atoms. The lowest BCUT2D eigenvalue weighted by molar-refractivity contribution is -0.132. The fourth-order valence-corrected chi connectivity index (χ4v) is 3.93. The second-order valence-corrected chi connectivity index (χ2v) is 6.98. The van der Waals surface area contributed by atoms with Gasteiger partial charge in [-0.3, -0.25) is 14.4 Å². The first kappa shape index (κ1) is 17.3. The molecule has 0 spiro atoms. The topological polar surface area (TPSA) is 78.5 Å². The molecule has 3 amide bonds. The van der Waals surface area contributed by atoms with Crippen LogP contribution in [0.3, 0.4) is 0 Å². The number of hydrogen-bond acceptors (Lipinski definition) is 3. The standard InChI is InChI=1S/C21H21N3O3/c1-13(25)24-9-8-14-4-2-3-5-17(14)19(24)11-20(26)23-16-7-6-15-12-22-21(27)18(15)10-16/h2-7,10,19H,8-9,11-12H2,1H3,(H,22,27)(H,23,26)/t19-/m1/s1. The Kier molecular flexibility index (Phi) is 4.39. The molecule has 0 unspecified atom stereocenters. The van der Waals surface area contributed by atoms with E-state index < -0.39 is 0 Å². The number of rotatable bonds is 3. The maximum atomic E-state index is 12.7. The van der Waals surface area contributed by atoms with Crippen molar-refractivity contribution in [3.05, 3.63) is 64.7 Å². The van der Waals surface area contributed by atoms with Gasteiger partial charge < -0.3 is 15.5 Å². The van der Waals surface area contributed by atoms with Crippen molar-refractivity contribution < 1.29 is 14.4 Å². The zero-order valence-electron chi connectivity index (χ0n) is 15.1. The fourth-order valence-electron chi connectivity index (χ4n) is 3.93. The van der Waals surface area contributed by atoms with Crippen molar-refractivity contribution >= 4 is 23.4 Å². The number of carbonyl (C=O) groups excluding carboxylic acids is 3. The minimum Gasteiger partial charge on any atom is -0.348 e. The highest BCUT2D eigenvalue weighted by Gasteiger charge is 2.30. The number of amides is 3. The summed E-state index contributed by atoms with van der Waals surface area (Å²) in [5.41, 5.74) is 4.34. The van der Waals surface area contributed by atoms with E-state index in [2.05, 4.69) is 16.7 Å². The lowest BCUT2D eigenvalue weighted by Crippen LogP contribution is -2.40. The number of nitrogens with zero attached hydrogens (tertiary/aromatic N) is 1. The van der Waals surface area contributed by atoms with E-state index in [0.717, 1.165) is 17.5 Å². The highest BCUT2D eigenvalue weighted by atomic mass is 16.2. The molecule has 0 fully saturated rings. The van der Waals surface area contributed by atoms with Gasteiger partial charge in [0.25, 0.3) is 5.91 Å². The molecule has 2 aromatic carbocycles. The van der Waals surface area contributed by atoms with Crippen LogP contribution in [0.4, 0.5) is 5.69 Å². The molecule has 6 heteroatoms. The number of benzene rings is 2. The van der Waals surface area contributed by atoms with Crippen LogP contribution in [0.1, 0.15) is 46.4 Å². The summed E-state index contributed by atoms with van der Waals surface area (Å²) in [4.78, 5) is 38.3. The smallest absolute Gasteiger partial charge is 0.251 e.